The van der Waals surface area contributed by atoms with Gasteiger partial charge in [0.15, 0.2) is 0 Å². The van der Waals surface area contributed by atoms with E-state index in [1.54, 1.807) is 0 Å². The van der Waals surface area contributed by atoms with Crippen LogP contribution in [0.15, 0.2) is 133 Å². The summed E-state index contributed by atoms with van der Waals surface area (Å²) in [4.78, 5) is 10.2. The van der Waals surface area contributed by atoms with Crippen LogP contribution in [0.5, 0.6) is 0 Å². The van der Waals surface area contributed by atoms with Crippen molar-refractivity contribution in [2.24, 2.45) is 10.9 Å². The largest absolute Gasteiger partial charge is 2.00 e. The number of hydrogen-bond donors (Lipinski definition) is 0. The number of para-hydroxylation sites is 1. The first kappa shape index (κ1) is 35.2. The Morgan fingerprint density at radius 1 is 0.698 bits per heavy atom. The van der Waals surface area contributed by atoms with Crippen molar-refractivity contribution in [1.29, 1.82) is 0 Å². The molecular weight excluding hydrogens is 830 g/mol. The average Bonchev–Trinajstić information content (AvgIpc) is 3.79. The van der Waals surface area contributed by atoms with Crippen LogP contribution in [-0.2, 0) is 31.2 Å². The first-order valence-electron chi connectivity index (χ1n) is 18.8. The zero-order valence-electron chi connectivity index (χ0n) is 30.5. The summed E-state index contributed by atoms with van der Waals surface area (Å²) in [5, 5.41) is 2.31. The van der Waals surface area contributed by atoms with Gasteiger partial charge in [-0.3, -0.25) is 4.99 Å². The maximum atomic E-state index is 6.95. The quantitative estimate of drug-likeness (QED) is 0.156. The van der Waals surface area contributed by atoms with Crippen molar-refractivity contribution < 1.29 is 25.8 Å². The van der Waals surface area contributed by atoms with Crippen LogP contribution < -0.4 is 0 Å². The van der Waals surface area contributed by atoms with Gasteiger partial charge in [-0.15, -0.1) is 42.0 Å². The predicted molar refractivity (Wildman–Crippen MR) is 213 cm³/mol. The summed E-state index contributed by atoms with van der Waals surface area (Å²) in [6.07, 6.45) is 8.02. The number of pyridine rings is 1. The van der Waals surface area contributed by atoms with Gasteiger partial charge in [-0.1, -0.05) is 141 Å². The molecule has 0 bridgehead atoms. The van der Waals surface area contributed by atoms with Crippen molar-refractivity contribution >= 4 is 27.7 Å². The molecule has 53 heavy (non-hydrogen) atoms. The third-order valence-electron chi connectivity index (χ3n) is 11.0. The molecule has 5 heteroatoms. The van der Waals surface area contributed by atoms with Gasteiger partial charge in [0, 0.05) is 11.7 Å². The minimum absolute atomic E-state index is 0. The zero-order chi connectivity index (χ0) is 35.2. The third-order valence-corrected chi connectivity index (χ3v) is 11.0. The van der Waals surface area contributed by atoms with Gasteiger partial charge in [-0.25, -0.2) is 0 Å². The van der Waals surface area contributed by atoms with Gasteiger partial charge in [0.1, 0.15) is 12.0 Å². The second-order valence-electron chi connectivity index (χ2n) is 15.5. The molecule has 9 rings (SSSR count). The van der Waals surface area contributed by atoms with Gasteiger partial charge in [0.2, 0.25) is 0 Å². The summed E-state index contributed by atoms with van der Waals surface area (Å²) in [5.41, 5.74) is 10.5. The summed E-state index contributed by atoms with van der Waals surface area (Å²) >= 11 is 0. The number of hydrogen-bond acceptors (Lipinski definition) is 3. The number of aromatic nitrogens is 2. The smallest absolute Gasteiger partial charge is 0.510 e. The summed E-state index contributed by atoms with van der Waals surface area (Å²) in [7, 11) is 0. The fourth-order valence-corrected chi connectivity index (χ4v) is 8.22. The molecule has 7 aromatic rings. The Hall–Kier alpha value is -4.79. The van der Waals surface area contributed by atoms with Gasteiger partial charge >= 0.3 is 21.1 Å². The Kier molecular flexibility index (Phi) is 9.68. The minimum atomic E-state index is -0.114. The van der Waals surface area contributed by atoms with E-state index in [1.807, 2.05) is 6.20 Å². The van der Waals surface area contributed by atoms with Crippen molar-refractivity contribution in [3.05, 3.63) is 156 Å². The molecule has 0 N–H and O–H groups in total. The van der Waals surface area contributed by atoms with E-state index in [9.17, 15) is 0 Å². The molecule has 1 saturated carbocycles. The molecule has 0 amide bonds. The molecule has 1 aliphatic heterocycles. The molecule has 0 saturated heterocycles. The minimum Gasteiger partial charge on any atom is -0.510 e. The maximum Gasteiger partial charge on any atom is 2.00 e. The van der Waals surface area contributed by atoms with E-state index in [-0.39, 0.29) is 38.6 Å². The fourth-order valence-electron chi connectivity index (χ4n) is 8.22. The van der Waals surface area contributed by atoms with Gasteiger partial charge in [-0.2, -0.15) is 0 Å². The summed E-state index contributed by atoms with van der Waals surface area (Å²) in [6, 6.07) is 50.7. The topological polar surface area (TPSA) is 39.4 Å². The molecule has 3 heterocycles. The second-order valence-corrected chi connectivity index (χ2v) is 15.5. The first-order valence-corrected chi connectivity index (χ1v) is 18.8. The van der Waals surface area contributed by atoms with Crippen LogP contribution in [0.3, 0.4) is 0 Å². The number of rotatable bonds is 6. The van der Waals surface area contributed by atoms with E-state index in [2.05, 4.69) is 159 Å². The Labute approximate surface area is 327 Å². The molecule has 0 spiro atoms. The van der Waals surface area contributed by atoms with Crippen LogP contribution in [0.25, 0.3) is 49.9 Å². The Morgan fingerprint density at radius 2 is 1.43 bits per heavy atom. The zero-order valence-corrected chi connectivity index (χ0v) is 32.7. The molecule has 2 aliphatic rings. The van der Waals surface area contributed by atoms with Crippen LogP contribution >= 0.6 is 0 Å². The summed E-state index contributed by atoms with van der Waals surface area (Å²) in [5.74, 6) is 1.18. The van der Waals surface area contributed by atoms with Crippen LogP contribution in [-0.4, -0.2) is 21.5 Å². The van der Waals surface area contributed by atoms with Gasteiger partial charge < -0.3 is 14.3 Å². The van der Waals surface area contributed by atoms with Crippen LogP contribution in [0.1, 0.15) is 75.7 Å². The number of ether oxygens (including phenoxy) is 1. The summed E-state index contributed by atoms with van der Waals surface area (Å²) in [6.45, 7) is 6.71. The van der Waals surface area contributed by atoms with E-state index in [0.717, 1.165) is 50.1 Å². The van der Waals surface area contributed by atoms with Gasteiger partial charge in [-0.05, 0) is 75.3 Å². The molecule has 1 fully saturated rings. The van der Waals surface area contributed by atoms with E-state index < -0.39 is 0 Å². The van der Waals surface area contributed by atoms with Crippen LogP contribution in [0, 0.1) is 18.1 Å². The Bertz CT molecular complexity index is 2420. The number of aliphatic imine (C=N–C) groups is 1. The summed E-state index contributed by atoms with van der Waals surface area (Å²) < 4.78 is 9.25. The molecule has 1 aliphatic carbocycles. The van der Waals surface area contributed by atoms with E-state index in [0.29, 0.717) is 11.8 Å². The monoisotopic (exact) mass is 872 g/mol. The van der Waals surface area contributed by atoms with Crippen molar-refractivity contribution in [2.75, 3.05) is 0 Å². The van der Waals surface area contributed by atoms with Crippen molar-refractivity contribution in [1.82, 2.24) is 9.55 Å². The van der Waals surface area contributed by atoms with Crippen LogP contribution in [0.4, 0.5) is 0 Å². The van der Waals surface area contributed by atoms with Crippen molar-refractivity contribution in [3.8, 4) is 28.1 Å². The SMILES string of the molecule is CC(C)(C)c1ccnc(-c2[c-]c3c(cc2)c2ccccc2n3-c2[c-]c(C3=N[C@H](C4CCCCC4)[C@@H](c4ccccc4)O3)cc(-c3ccccc3)c2)c1.[Pt+2]. The molecule has 2 atom stereocenters. The normalized spacial score (nSPS) is 17.8. The van der Waals surface area contributed by atoms with Crippen molar-refractivity contribution in [2.45, 2.75) is 70.4 Å². The third kappa shape index (κ3) is 6.79. The molecule has 2 aromatic heterocycles. The molecule has 0 radical (unpaired) electrons. The maximum absolute atomic E-state index is 6.95. The molecule has 4 nitrogen and oxygen atoms in total. The van der Waals surface area contributed by atoms with Gasteiger partial charge in [0.05, 0.1) is 6.04 Å². The van der Waals surface area contributed by atoms with E-state index in [1.165, 1.54) is 48.6 Å². The first-order chi connectivity index (χ1) is 25.4. The van der Waals surface area contributed by atoms with E-state index in [4.69, 9.17) is 14.7 Å². The molecular formula is C48H43N3OPt. The van der Waals surface area contributed by atoms with Gasteiger partial charge in [0.25, 0.3) is 0 Å². The second kappa shape index (κ2) is 14.6. The molecule has 0 unspecified atom stereocenters. The molecule has 266 valence electrons. The predicted octanol–water partition coefficient (Wildman–Crippen LogP) is 11.9. The number of nitrogens with zero attached hydrogens (tertiary/aromatic N) is 3. The standard InChI is InChI=1S/C48H43N3O.Pt/c1-48(2,3)38-25-26-49-42(31-38)35-23-24-41-40-21-13-14-22-43(40)51(44(41)30-35)39-28-36(32-15-7-4-8-16-32)27-37(29-39)47-50-45(33-17-9-5-10-18-33)46(52-47)34-19-11-6-12-20-34;/h4,6-8,11-16,19-28,31,33,45-46H,5,9-10,17-18H2,1-3H3;/q-2;+2/t45-,46-;/m1./s1. The van der Waals surface area contributed by atoms with Crippen molar-refractivity contribution in [3.63, 3.8) is 0 Å². The molecule has 5 aromatic carbocycles. The number of fused-ring (bicyclic) bond motifs is 3. The van der Waals surface area contributed by atoms with Crippen LogP contribution in [0.2, 0.25) is 0 Å². The fraction of sp³-hybridized carbons (Fsp3) is 0.250. The Balaban J connectivity index is 0.00000400. The average molecular weight is 873 g/mol. The van der Waals surface area contributed by atoms with E-state index >= 15 is 0 Å². The number of benzene rings is 5. The Morgan fingerprint density at radius 3 is 2.21 bits per heavy atom.